The van der Waals surface area contributed by atoms with Crippen molar-refractivity contribution < 1.29 is 9.53 Å². The summed E-state index contributed by atoms with van der Waals surface area (Å²) in [5.74, 6) is 0.103. The highest BCUT2D eigenvalue weighted by Gasteiger charge is 1.98. The molecule has 8 heteroatoms. The van der Waals surface area contributed by atoms with Gasteiger partial charge in [0.05, 0.1) is 12.3 Å². The molecule has 5 N–H and O–H groups in total. The number of methoxy groups -OCH3 is 1. The minimum Gasteiger partial charge on any atom is -0.384 e. The summed E-state index contributed by atoms with van der Waals surface area (Å²) in [6.45, 7) is 12.9. The van der Waals surface area contributed by atoms with Gasteiger partial charge in [-0.2, -0.15) is 4.99 Å². The van der Waals surface area contributed by atoms with Crippen molar-refractivity contribution in [2.75, 3.05) is 13.7 Å². The smallest absolute Gasteiger partial charge is 0.223 e. The van der Waals surface area contributed by atoms with Gasteiger partial charge in [-0.15, -0.1) is 0 Å². The van der Waals surface area contributed by atoms with Crippen LogP contribution in [0.4, 0.5) is 5.69 Å². The van der Waals surface area contributed by atoms with Crippen LogP contribution in [0.1, 0.15) is 12.5 Å². The number of aldehydes is 1. The zero-order chi connectivity index (χ0) is 22.2. The second-order valence-corrected chi connectivity index (χ2v) is 6.26. The average molecular weight is 418 g/mol. The molecule has 1 aromatic rings. The molecule has 0 saturated carbocycles. The Morgan fingerprint density at radius 2 is 1.79 bits per heavy atom. The monoisotopic (exact) mass is 417 g/mol. The van der Waals surface area contributed by atoms with Gasteiger partial charge in [-0.1, -0.05) is 43.5 Å². The van der Waals surface area contributed by atoms with Crippen molar-refractivity contribution in [3.8, 4) is 0 Å². The van der Waals surface area contributed by atoms with Crippen LogP contribution in [-0.2, 0) is 16.0 Å². The zero-order valence-electron chi connectivity index (χ0n) is 16.8. The number of hydrogen-bond acceptors (Lipinski definition) is 3. The molecule has 0 aliphatic rings. The molecule has 156 valence electrons. The van der Waals surface area contributed by atoms with Crippen LogP contribution < -0.4 is 16.8 Å². The second-order valence-electron chi connectivity index (χ2n) is 5.77. The third-order valence-corrected chi connectivity index (χ3v) is 3.09. The zero-order valence-corrected chi connectivity index (χ0v) is 17.6. The Morgan fingerprint density at radius 1 is 1.21 bits per heavy atom. The van der Waals surface area contributed by atoms with Crippen molar-refractivity contribution >= 4 is 35.5 Å². The first kappa shape index (κ1) is 25.8. The molecule has 0 aliphatic heterocycles. The normalized spacial score (nSPS) is 11.4. The molecule has 0 amide bonds. The molecule has 0 heterocycles. The number of nitrogens with one attached hydrogen (secondary N) is 1. The molecule has 0 radical (unpaired) electrons. The van der Waals surface area contributed by atoms with E-state index in [4.69, 9.17) is 27.8 Å². The summed E-state index contributed by atoms with van der Waals surface area (Å²) in [5.41, 5.74) is 14.4. The Kier molecular flexibility index (Phi) is 13.2. The van der Waals surface area contributed by atoms with Crippen molar-refractivity contribution in [3.05, 3.63) is 78.0 Å². The Hall–Kier alpha value is -3.16. The summed E-state index contributed by atoms with van der Waals surface area (Å²) in [4.78, 5) is 17.5. The predicted molar refractivity (Wildman–Crippen MR) is 122 cm³/mol. The topological polar surface area (TPSA) is 115 Å². The van der Waals surface area contributed by atoms with Gasteiger partial charge in [0.2, 0.25) is 11.9 Å². The molecule has 0 saturated heterocycles. The van der Waals surface area contributed by atoms with Gasteiger partial charge in [0.1, 0.15) is 6.29 Å². The maximum absolute atomic E-state index is 9.41. The first-order valence-electron chi connectivity index (χ1n) is 8.53. The lowest BCUT2D eigenvalue weighted by atomic mass is 10.1. The molecule has 29 heavy (non-hydrogen) atoms. The number of rotatable bonds is 8. The minimum absolute atomic E-state index is 0.0307. The first-order chi connectivity index (χ1) is 13.7. The summed E-state index contributed by atoms with van der Waals surface area (Å²) in [7, 11) is 1.67. The fraction of sp³-hybridized carbons (Fsp3) is 0.190. The van der Waals surface area contributed by atoms with Crippen molar-refractivity contribution in [2.45, 2.75) is 13.3 Å². The number of carbonyl (C=O) groups excluding carboxylic acids is 1. The number of nitrogens with zero attached hydrogens (tertiary/aromatic N) is 2. The second kappa shape index (κ2) is 14.8. The maximum Gasteiger partial charge on any atom is 0.223 e. The van der Waals surface area contributed by atoms with Crippen LogP contribution in [0.2, 0.25) is 0 Å². The van der Waals surface area contributed by atoms with Crippen LogP contribution in [0.15, 0.2) is 82.4 Å². The van der Waals surface area contributed by atoms with Crippen LogP contribution in [-0.4, -0.2) is 31.9 Å². The van der Waals surface area contributed by atoms with Crippen molar-refractivity contribution in [1.29, 1.82) is 0 Å². The minimum atomic E-state index is 0.0307. The Labute approximate surface area is 177 Å². The summed E-state index contributed by atoms with van der Waals surface area (Å²) in [5, 5.41) is 3.13. The SMILES string of the molecule is C=C(C)C=O.C=C(Cl)/C=C\C(=C)N/C(N)=N/C(N)=Nc1ccc(CCOC)cc1. The maximum atomic E-state index is 9.41. The summed E-state index contributed by atoms with van der Waals surface area (Å²) in [6.07, 6.45) is 4.76. The lowest BCUT2D eigenvalue weighted by Crippen LogP contribution is -2.32. The number of guanidine groups is 2. The predicted octanol–water partition coefficient (Wildman–Crippen LogP) is 3.31. The number of carbonyl (C=O) groups is 1. The van der Waals surface area contributed by atoms with Gasteiger partial charge >= 0.3 is 0 Å². The standard InChI is InChI=1S/C17H22ClN5O.C4H6O/c1-12(18)4-5-13(2)21-16(19)23-17(20)22-15-8-6-14(7-9-15)10-11-24-3;1-4(2)3-5/h4-9H,1-2,10-11H2,3H3,(H5,19,20,21,22,23);3H,1H2,2H3/b5-4-;. The summed E-state index contributed by atoms with van der Waals surface area (Å²) >= 11 is 5.61. The molecule has 1 aromatic carbocycles. The van der Waals surface area contributed by atoms with E-state index in [1.54, 1.807) is 26.2 Å². The molecule has 0 unspecified atom stereocenters. The number of ether oxygens (including phenoxy) is 1. The van der Waals surface area contributed by atoms with Gasteiger partial charge < -0.3 is 21.5 Å². The van der Waals surface area contributed by atoms with Gasteiger partial charge in [0.25, 0.3) is 0 Å². The molecular formula is C21H28ClN5O2. The molecule has 0 atom stereocenters. The fourth-order valence-corrected chi connectivity index (χ4v) is 1.73. The number of nitrogens with two attached hydrogens (primary N) is 2. The number of hydrogen-bond donors (Lipinski definition) is 3. The molecule has 7 nitrogen and oxygen atoms in total. The van der Waals surface area contributed by atoms with E-state index in [9.17, 15) is 4.79 Å². The molecular weight excluding hydrogens is 390 g/mol. The van der Waals surface area contributed by atoms with Crippen LogP contribution in [0.5, 0.6) is 0 Å². The quantitative estimate of drug-likeness (QED) is 0.197. The highest BCUT2D eigenvalue weighted by atomic mass is 35.5. The van der Waals surface area contributed by atoms with E-state index in [1.807, 2.05) is 24.3 Å². The highest BCUT2D eigenvalue weighted by Crippen LogP contribution is 2.13. The van der Waals surface area contributed by atoms with Gasteiger partial charge in [-0.25, -0.2) is 4.99 Å². The van der Waals surface area contributed by atoms with Crippen molar-refractivity contribution in [1.82, 2.24) is 5.32 Å². The number of allylic oxidation sites excluding steroid dienone is 4. The largest absolute Gasteiger partial charge is 0.384 e. The van der Waals surface area contributed by atoms with E-state index in [-0.39, 0.29) is 11.9 Å². The number of halogens is 1. The van der Waals surface area contributed by atoms with E-state index in [0.717, 1.165) is 18.3 Å². The lowest BCUT2D eigenvalue weighted by Gasteiger charge is -2.04. The third-order valence-electron chi connectivity index (χ3n) is 2.97. The average Bonchev–Trinajstić information content (AvgIpc) is 2.66. The van der Waals surface area contributed by atoms with E-state index < -0.39 is 0 Å². The van der Waals surface area contributed by atoms with Crippen molar-refractivity contribution in [2.24, 2.45) is 21.5 Å². The molecule has 0 fully saturated rings. The molecule has 0 spiro atoms. The molecule has 0 aliphatic carbocycles. The Balaban J connectivity index is 0.00000139. The third kappa shape index (κ3) is 14.6. The van der Waals surface area contributed by atoms with Crippen LogP contribution in [0.3, 0.4) is 0 Å². The lowest BCUT2D eigenvalue weighted by molar-refractivity contribution is -0.104. The van der Waals surface area contributed by atoms with Crippen molar-refractivity contribution in [3.63, 3.8) is 0 Å². The molecule has 0 aromatic heterocycles. The molecule has 0 bridgehead atoms. The summed E-state index contributed by atoms with van der Waals surface area (Å²) < 4.78 is 5.04. The number of aliphatic imine (C=N–C) groups is 2. The Bertz CT molecular complexity index is 796. The van der Waals surface area contributed by atoms with E-state index in [1.165, 1.54) is 0 Å². The molecule has 1 rings (SSSR count). The van der Waals surface area contributed by atoms with Gasteiger partial charge in [0, 0.05) is 17.8 Å². The first-order valence-corrected chi connectivity index (χ1v) is 8.91. The summed E-state index contributed by atoms with van der Waals surface area (Å²) in [6, 6.07) is 7.62. The van der Waals surface area contributed by atoms with Crippen LogP contribution >= 0.6 is 11.6 Å². The van der Waals surface area contributed by atoms with Gasteiger partial charge in [-0.05, 0) is 48.8 Å². The van der Waals surface area contributed by atoms with E-state index in [2.05, 4.69) is 35.0 Å². The van der Waals surface area contributed by atoms with E-state index in [0.29, 0.717) is 28.6 Å². The number of benzene rings is 1. The van der Waals surface area contributed by atoms with Gasteiger partial charge in [-0.3, -0.25) is 4.79 Å². The Morgan fingerprint density at radius 3 is 2.28 bits per heavy atom. The van der Waals surface area contributed by atoms with E-state index >= 15 is 0 Å². The van der Waals surface area contributed by atoms with Gasteiger partial charge in [0.15, 0.2) is 0 Å². The van der Waals surface area contributed by atoms with Crippen LogP contribution in [0, 0.1) is 0 Å². The fourth-order valence-electron chi connectivity index (χ4n) is 1.66. The highest BCUT2D eigenvalue weighted by molar-refractivity contribution is 6.30. The van der Waals surface area contributed by atoms with Crippen LogP contribution in [0.25, 0.3) is 0 Å².